The van der Waals surface area contributed by atoms with Gasteiger partial charge in [-0.3, -0.25) is 0 Å². The molecule has 52 valence electrons. The minimum absolute atomic E-state index is 0.544. The average molecular weight is 138 g/mol. The van der Waals surface area contributed by atoms with Crippen LogP contribution < -0.4 is 5.53 Å². The molecule has 10 heavy (non-hydrogen) atoms. The molecular formula is C5H6N4O. The van der Waals surface area contributed by atoms with Gasteiger partial charge >= 0.3 is 0 Å². The van der Waals surface area contributed by atoms with E-state index in [9.17, 15) is 5.21 Å². The Bertz CT molecular complexity index is 242. The molecule has 0 spiro atoms. The second-order valence-electron chi connectivity index (χ2n) is 2.04. The summed E-state index contributed by atoms with van der Waals surface area (Å²) in [6.45, 7) is 0.689. The molecule has 0 aliphatic carbocycles. The van der Waals surface area contributed by atoms with Gasteiger partial charge in [0.15, 0.2) is 0 Å². The predicted molar refractivity (Wildman–Crippen MR) is 33.1 cm³/mol. The van der Waals surface area contributed by atoms with Crippen molar-refractivity contribution >= 4 is 0 Å². The quantitative estimate of drug-likeness (QED) is 0.381. The number of allylic oxidation sites excluding steroid dienone is 2. The Hall–Kier alpha value is -1.52. The summed E-state index contributed by atoms with van der Waals surface area (Å²) in [5.74, 6) is 0.544. The first-order valence-electron chi connectivity index (χ1n) is 2.96. The third-order valence-electron chi connectivity index (χ3n) is 1.40. The molecule has 2 aliphatic rings. The van der Waals surface area contributed by atoms with Crippen LogP contribution in [0.3, 0.4) is 0 Å². The summed E-state index contributed by atoms with van der Waals surface area (Å²) in [5.41, 5.74) is 2.56. The summed E-state index contributed by atoms with van der Waals surface area (Å²) in [4.78, 5) is 0.559. The number of hydroxylamine groups is 1. The van der Waals surface area contributed by atoms with Crippen LogP contribution in [0.1, 0.15) is 0 Å². The van der Waals surface area contributed by atoms with Crippen LogP contribution in [0.25, 0.3) is 0 Å². The normalized spacial score (nSPS) is 21.4. The molecule has 0 atom stereocenters. The van der Waals surface area contributed by atoms with Crippen molar-refractivity contribution in [3.05, 3.63) is 29.3 Å². The van der Waals surface area contributed by atoms with Crippen LogP contribution in [-0.2, 0) is 0 Å². The maximum atomic E-state index is 10.8. The first kappa shape index (κ1) is 5.28. The smallest absolute Gasteiger partial charge is 0.278 e. The summed E-state index contributed by atoms with van der Waals surface area (Å²) >= 11 is 0. The number of nitrogens with zero attached hydrogens (tertiary/aromatic N) is 3. The third-order valence-corrected chi connectivity index (χ3v) is 1.40. The molecule has 0 bridgehead atoms. The van der Waals surface area contributed by atoms with Gasteiger partial charge in [-0.15, -0.1) is 9.87 Å². The summed E-state index contributed by atoms with van der Waals surface area (Å²) in [6, 6.07) is 0. The molecule has 0 amide bonds. The minimum Gasteiger partial charge on any atom is -0.722 e. The molecular weight excluding hydrogens is 132 g/mol. The Morgan fingerprint density at radius 3 is 3.50 bits per heavy atom. The van der Waals surface area contributed by atoms with Crippen molar-refractivity contribution in [2.45, 2.75) is 0 Å². The lowest BCUT2D eigenvalue weighted by molar-refractivity contribution is -0.475. The molecule has 0 aromatic rings. The maximum absolute atomic E-state index is 10.8. The standard InChI is InChI=1S/C5H6N4O/c10-9-5-3-1-2-4-8(5)6-7-9/h1-3,6H,4H2. The van der Waals surface area contributed by atoms with E-state index in [0.29, 0.717) is 17.2 Å². The number of fused-ring (bicyclic) bond motifs is 1. The Balaban J connectivity index is 2.34. The van der Waals surface area contributed by atoms with E-state index in [4.69, 9.17) is 0 Å². The monoisotopic (exact) mass is 138 g/mol. The van der Waals surface area contributed by atoms with Gasteiger partial charge in [-0.05, 0) is 6.08 Å². The molecule has 0 saturated heterocycles. The zero-order valence-electron chi connectivity index (χ0n) is 5.19. The van der Waals surface area contributed by atoms with E-state index in [0.717, 1.165) is 0 Å². The Kier molecular flexibility index (Phi) is 0.913. The van der Waals surface area contributed by atoms with Crippen LogP contribution in [-0.4, -0.2) is 16.4 Å². The van der Waals surface area contributed by atoms with E-state index >= 15 is 0 Å². The van der Waals surface area contributed by atoms with Gasteiger partial charge in [-0.1, -0.05) is 11.6 Å². The zero-order valence-corrected chi connectivity index (χ0v) is 5.19. The van der Waals surface area contributed by atoms with E-state index in [-0.39, 0.29) is 0 Å². The lowest BCUT2D eigenvalue weighted by Crippen LogP contribution is -2.30. The van der Waals surface area contributed by atoms with Crippen molar-refractivity contribution < 1.29 is 4.86 Å². The highest BCUT2D eigenvalue weighted by Crippen LogP contribution is 2.11. The molecule has 0 radical (unpaired) electrons. The maximum Gasteiger partial charge on any atom is 0.278 e. The van der Waals surface area contributed by atoms with E-state index in [1.165, 1.54) is 0 Å². The van der Waals surface area contributed by atoms with E-state index in [1.807, 2.05) is 12.2 Å². The summed E-state index contributed by atoms with van der Waals surface area (Å²) in [7, 11) is 0. The van der Waals surface area contributed by atoms with Gasteiger partial charge < -0.3 is 5.21 Å². The van der Waals surface area contributed by atoms with Crippen LogP contribution in [0.4, 0.5) is 0 Å². The number of hydrogen-bond acceptors (Lipinski definition) is 4. The average Bonchev–Trinajstić information content (AvgIpc) is 2.34. The van der Waals surface area contributed by atoms with Crippen molar-refractivity contribution in [2.75, 3.05) is 6.54 Å². The van der Waals surface area contributed by atoms with Crippen molar-refractivity contribution in [1.29, 1.82) is 0 Å². The largest absolute Gasteiger partial charge is 0.722 e. The highest BCUT2D eigenvalue weighted by atomic mass is 16.5. The summed E-state index contributed by atoms with van der Waals surface area (Å²) in [5, 5.41) is 15.8. The molecule has 0 aromatic heterocycles. The Morgan fingerprint density at radius 2 is 2.70 bits per heavy atom. The molecule has 0 fully saturated rings. The van der Waals surface area contributed by atoms with Gasteiger partial charge in [-0.2, -0.15) is 0 Å². The van der Waals surface area contributed by atoms with E-state index in [1.54, 1.807) is 11.1 Å². The van der Waals surface area contributed by atoms with Crippen LogP contribution >= 0.6 is 0 Å². The van der Waals surface area contributed by atoms with Crippen LogP contribution in [0.2, 0.25) is 0 Å². The molecule has 0 unspecified atom stereocenters. The van der Waals surface area contributed by atoms with E-state index in [2.05, 4.69) is 10.8 Å². The molecule has 2 rings (SSSR count). The highest BCUT2D eigenvalue weighted by Gasteiger charge is 2.24. The first-order chi connectivity index (χ1) is 4.88. The Labute approximate surface area is 57.5 Å². The Morgan fingerprint density at radius 1 is 1.80 bits per heavy atom. The van der Waals surface area contributed by atoms with Crippen LogP contribution in [0, 0.1) is 5.21 Å². The third kappa shape index (κ3) is 0.570. The van der Waals surface area contributed by atoms with Crippen molar-refractivity contribution in [1.82, 2.24) is 10.5 Å². The molecule has 1 N–H and O–H groups in total. The molecule has 0 aromatic carbocycles. The molecule has 5 heteroatoms. The second-order valence-corrected chi connectivity index (χ2v) is 2.04. The molecule has 2 aliphatic heterocycles. The van der Waals surface area contributed by atoms with Gasteiger partial charge in [-0.25, -0.2) is 0 Å². The lowest BCUT2D eigenvalue weighted by atomic mass is 10.3. The second kappa shape index (κ2) is 1.73. The van der Waals surface area contributed by atoms with Gasteiger partial charge in [0, 0.05) is 6.08 Å². The highest BCUT2D eigenvalue weighted by molar-refractivity contribution is 5.12. The molecule has 5 nitrogen and oxygen atoms in total. The van der Waals surface area contributed by atoms with Gasteiger partial charge in [0.05, 0.1) is 5.22 Å². The SMILES string of the molecule is [O-][N+]1=NNN2CC=CC=C21. The minimum atomic E-state index is 0.544. The van der Waals surface area contributed by atoms with E-state index < -0.39 is 0 Å². The fourth-order valence-electron chi connectivity index (χ4n) is 0.909. The fraction of sp³-hybridized carbons (Fsp3) is 0.200. The summed E-state index contributed by atoms with van der Waals surface area (Å²) in [6.07, 6.45) is 5.48. The molecule has 2 heterocycles. The topological polar surface area (TPSA) is 53.7 Å². The van der Waals surface area contributed by atoms with Crippen molar-refractivity contribution in [3.63, 3.8) is 0 Å². The van der Waals surface area contributed by atoms with Gasteiger partial charge in [0.1, 0.15) is 6.54 Å². The molecule has 0 saturated carbocycles. The first-order valence-corrected chi connectivity index (χ1v) is 2.96. The van der Waals surface area contributed by atoms with Crippen LogP contribution in [0.5, 0.6) is 0 Å². The van der Waals surface area contributed by atoms with Crippen LogP contribution in [0.15, 0.2) is 29.3 Å². The zero-order chi connectivity index (χ0) is 6.97. The predicted octanol–water partition coefficient (Wildman–Crippen LogP) is 0.0953. The fourth-order valence-corrected chi connectivity index (χ4v) is 0.909. The lowest BCUT2D eigenvalue weighted by Gasteiger charge is -2.10. The van der Waals surface area contributed by atoms with Crippen molar-refractivity contribution in [3.8, 4) is 0 Å². The number of nitrogens with one attached hydrogen (secondary N) is 1. The van der Waals surface area contributed by atoms with Gasteiger partial charge in [0.2, 0.25) is 0 Å². The number of rotatable bonds is 0. The van der Waals surface area contributed by atoms with Gasteiger partial charge in [0.25, 0.3) is 5.82 Å². The number of hydrogen-bond donors (Lipinski definition) is 1. The van der Waals surface area contributed by atoms with Crippen molar-refractivity contribution in [2.24, 2.45) is 5.22 Å². The number of hydrazine groups is 1. The summed E-state index contributed by atoms with van der Waals surface area (Å²) < 4.78 is 0.